The number of benzene rings is 1. The van der Waals surface area contributed by atoms with Crippen LogP contribution < -0.4 is 20.5 Å². The van der Waals surface area contributed by atoms with Crippen LogP contribution in [-0.2, 0) is 9.59 Å². The number of carbonyl (C=O) groups excluding carboxylic acids is 2. The molecule has 1 aromatic carbocycles. The van der Waals surface area contributed by atoms with Crippen LogP contribution in [0.25, 0.3) is 0 Å². The number of halogens is 3. The number of ether oxygens (including phenoxy) is 2. The summed E-state index contributed by atoms with van der Waals surface area (Å²) >= 11 is 0. The molecule has 2 aliphatic heterocycles. The lowest BCUT2D eigenvalue weighted by Gasteiger charge is -2.38. The standard InChI is InChI=1S/C27H30F3N5O4/c1-26(2)11-22(36)35(25(31)34-26)23(14-8-15(38-3)13-32-12-14)17-9-18(17)24(37)33-19-10-21(27(28,29)30)39-20-7-5-4-6-16(19)20/h4-8,12-13,17-19,21,23H,9-11H2,1-3H3,(H2,31,34)(H,33,37)/t17-,18-,19+,21-,23-/m1/s1. The van der Waals surface area contributed by atoms with Crippen molar-refractivity contribution in [3.63, 3.8) is 0 Å². The first-order chi connectivity index (χ1) is 18.4. The zero-order chi connectivity index (χ0) is 28.1. The molecular weight excluding hydrogens is 515 g/mol. The summed E-state index contributed by atoms with van der Waals surface area (Å²) in [6.07, 6.45) is -3.41. The maximum atomic E-state index is 13.6. The zero-order valence-corrected chi connectivity index (χ0v) is 21.7. The van der Waals surface area contributed by atoms with E-state index in [1.54, 1.807) is 30.5 Å². The molecule has 3 N–H and O–H groups in total. The highest BCUT2D eigenvalue weighted by Crippen LogP contribution is 2.52. The number of nitrogens with zero attached hydrogens (tertiary/aromatic N) is 3. The van der Waals surface area contributed by atoms with Gasteiger partial charge in [-0.25, -0.2) is 4.99 Å². The SMILES string of the molecule is COc1cncc([C@H]([C@@H]2C[C@H]2C(=O)N[C@H]2C[C@H](C(F)(F)F)Oc3ccccc32)N2C(=O)CC(C)(C)N=C2N)c1. The molecule has 39 heavy (non-hydrogen) atoms. The number of hydrogen-bond acceptors (Lipinski definition) is 7. The molecule has 1 saturated carbocycles. The minimum Gasteiger partial charge on any atom is -0.495 e. The maximum Gasteiger partial charge on any atom is 0.425 e. The average molecular weight is 546 g/mol. The quantitative estimate of drug-likeness (QED) is 0.572. The first kappa shape index (κ1) is 26.8. The number of alkyl halides is 3. The van der Waals surface area contributed by atoms with Crippen molar-refractivity contribution in [3.8, 4) is 11.5 Å². The van der Waals surface area contributed by atoms with E-state index in [1.165, 1.54) is 24.3 Å². The lowest BCUT2D eigenvalue weighted by Crippen LogP contribution is -2.52. The lowest BCUT2D eigenvalue weighted by atomic mass is 9.94. The van der Waals surface area contributed by atoms with Crippen LogP contribution in [0.4, 0.5) is 13.2 Å². The number of carbonyl (C=O) groups is 2. The van der Waals surface area contributed by atoms with Gasteiger partial charge in [0.25, 0.3) is 0 Å². The van der Waals surface area contributed by atoms with Gasteiger partial charge in [0.15, 0.2) is 12.1 Å². The minimum absolute atomic E-state index is 0.0431. The highest BCUT2D eigenvalue weighted by Gasteiger charge is 2.54. The van der Waals surface area contributed by atoms with Crippen molar-refractivity contribution in [2.75, 3.05) is 7.11 Å². The van der Waals surface area contributed by atoms with Gasteiger partial charge in [-0.1, -0.05) is 18.2 Å². The summed E-state index contributed by atoms with van der Waals surface area (Å²) in [4.78, 5) is 36.8. The smallest absolute Gasteiger partial charge is 0.425 e. The second-order valence-electron chi connectivity index (χ2n) is 10.8. The molecule has 0 bridgehead atoms. The van der Waals surface area contributed by atoms with Crippen LogP contribution in [-0.4, -0.2) is 52.6 Å². The van der Waals surface area contributed by atoms with Gasteiger partial charge in [0.1, 0.15) is 11.5 Å². The number of nitrogens with two attached hydrogens (primary N) is 1. The van der Waals surface area contributed by atoms with E-state index in [-0.39, 0.29) is 30.0 Å². The number of guanidine groups is 1. The van der Waals surface area contributed by atoms with Crippen LogP contribution in [0, 0.1) is 11.8 Å². The van der Waals surface area contributed by atoms with Gasteiger partial charge in [-0.05, 0) is 43.9 Å². The molecule has 208 valence electrons. The summed E-state index contributed by atoms with van der Waals surface area (Å²) < 4.78 is 51.2. The van der Waals surface area contributed by atoms with Crippen LogP contribution in [0.5, 0.6) is 11.5 Å². The highest BCUT2D eigenvalue weighted by atomic mass is 19.4. The summed E-state index contributed by atoms with van der Waals surface area (Å²) in [7, 11) is 1.49. The summed E-state index contributed by atoms with van der Waals surface area (Å²) in [5, 5.41) is 2.81. The molecule has 0 radical (unpaired) electrons. The van der Waals surface area contributed by atoms with Crippen molar-refractivity contribution in [2.24, 2.45) is 22.6 Å². The Balaban J connectivity index is 1.41. The fourth-order valence-corrected chi connectivity index (χ4v) is 5.48. The van der Waals surface area contributed by atoms with E-state index in [0.29, 0.717) is 23.3 Å². The number of fused-ring (bicyclic) bond motifs is 1. The average Bonchev–Trinajstić information content (AvgIpc) is 3.65. The monoisotopic (exact) mass is 545 g/mol. The summed E-state index contributed by atoms with van der Waals surface area (Å²) in [6.45, 7) is 3.62. The van der Waals surface area contributed by atoms with Gasteiger partial charge in [0, 0.05) is 24.1 Å². The molecular formula is C27H30F3N5O4. The van der Waals surface area contributed by atoms with Crippen LogP contribution in [0.1, 0.15) is 56.3 Å². The van der Waals surface area contributed by atoms with Crippen LogP contribution >= 0.6 is 0 Å². The zero-order valence-electron chi connectivity index (χ0n) is 21.7. The summed E-state index contributed by atoms with van der Waals surface area (Å²) in [5.74, 6) is -0.948. The number of nitrogens with one attached hydrogen (secondary N) is 1. The van der Waals surface area contributed by atoms with E-state index in [9.17, 15) is 22.8 Å². The molecule has 1 fully saturated rings. The number of aliphatic imine (C=N–C) groups is 1. The third kappa shape index (κ3) is 5.37. The molecule has 5 atom stereocenters. The molecule has 1 aliphatic carbocycles. The Labute approximate surface area is 223 Å². The van der Waals surface area contributed by atoms with E-state index < -0.39 is 48.1 Å². The summed E-state index contributed by atoms with van der Waals surface area (Å²) in [5.41, 5.74) is 6.72. The molecule has 2 aromatic rings. The van der Waals surface area contributed by atoms with Gasteiger partial charge in [-0.2, -0.15) is 13.2 Å². The third-order valence-electron chi connectivity index (χ3n) is 7.38. The first-order valence-corrected chi connectivity index (χ1v) is 12.7. The Morgan fingerprint density at radius 2 is 2.00 bits per heavy atom. The van der Waals surface area contributed by atoms with Crippen molar-refractivity contribution < 1.29 is 32.2 Å². The van der Waals surface area contributed by atoms with E-state index in [0.717, 1.165) is 0 Å². The largest absolute Gasteiger partial charge is 0.495 e. The Morgan fingerprint density at radius 1 is 1.26 bits per heavy atom. The van der Waals surface area contributed by atoms with Crippen molar-refractivity contribution in [3.05, 3.63) is 53.9 Å². The van der Waals surface area contributed by atoms with Crippen molar-refractivity contribution >= 4 is 17.8 Å². The van der Waals surface area contributed by atoms with E-state index in [1.807, 2.05) is 13.8 Å². The Kier molecular flexibility index (Phi) is 6.68. The molecule has 0 saturated heterocycles. The van der Waals surface area contributed by atoms with Gasteiger partial charge < -0.3 is 20.5 Å². The Hall–Kier alpha value is -3.83. The number of pyridine rings is 1. The molecule has 2 amide bonds. The molecule has 1 aromatic heterocycles. The third-order valence-corrected chi connectivity index (χ3v) is 7.38. The van der Waals surface area contributed by atoms with Crippen molar-refractivity contribution in [1.82, 2.24) is 15.2 Å². The molecule has 5 rings (SSSR count). The van der Waals surface area contributed by atoms with Gasteiger partial charge in [0.2, 0.25) is 11.8 Å². The fraction of sp³-hybridized carbons (Fsp3) is 0.481. The Morgan fingerprint density at radius 3 is 2.69 bits per heavy atom. The molecule has 0 spiro atoms. The van der Waals surface area contributed by atoms with Gasteiger partial charge in [-0.15, -0.1) is 0 Å². The highest BCUT2D eigenvalue weighted by molar-refractivity contribution is 5.99. The lowest BCUT2D eigenvalue weighted by molar-refractivity contribution is -0.201. The predicted molar refractivity (Wildman–Crippen MR) is 135 cm³/mol. The maximum absolute atomic E-state index is 13.6. The van der Waals surface area contributed by atoms with Crippen LogP contribution in [0.3, 0.4) is 0 Å². The molecule has 12 heteroatoms. The van der Waals surface area contributed by atoms with Crippen LogP contribution in [0.2, 0.25) is 0 Å². The molecule has 3 heterocycles. The predicted octanol–water partition coefficient (Wildman–Crippen LogP) is 3.66. The number of methoxy groups -OCH3 is 1. The number of aromatic nitrogens is 1. The second-order valence-corrected chi connectivity index (χ2v) is 10.8. The normalized spacial score (nSPS) is 26.6. The topological polar surface area (TPSA) is 119 Å². The second kappa shape index (κ2) is 9.73. The number of para-hydroxylation sites is 1. The van der Waals surface area contributed by atoms with E-state index in [4.69, 9.17) is 15.2 Å². The molecule has 3 aliphatic rings. The van der Waals surface area contributed by atoms with Crippen molar-refractivity contribution in [1.29, 1.82) is 0 Å². The molecule has 0 unspecified atom stereocenters. The first-order valence-electron chi connectivity index (χ1n) is 12.7. The molecule has 9 nitrogen and oxygen atoms in total. The number of amides is 2. The van der Waals surface area contributed by atoms with E-state index >= 15 is 0 Å². The van der Waals surface area contributed by atoms with Gasteiger partial charge in [-0.3, -0.25) is 19.5 Å². The Bertz CT molecular complexity index is 1310. The van der Waals surface area contributed by atoms with E-state index in [2.05, 4.69) is 15.3 Å². The van der Waals surface area contributed by atoms with Crippen LogP contribution in [0.15, 0.2) is 47.7 Å². The number of hydrogen-bond donors (Lipinski definition) is 2. The van der Waals surface area contributed by atoms with Crippen molar-refractivity contribution in [2.45, 2.75) is 63.0 Å². The summed E-state index contributed by atoms with van der Waals surface area (Å²) in [6, 6.07) is 6.58. The fourth-order valence-electron chi connectivity index (χ4n) is 5.48. The minimum atomic E-state index is -4.58. The number of rotatable bonds is 6. The van der Waals surface area contributed by atoms with Gasteiger partial charge >= 0.3 is 6.18 Å². The van der Waals surface area contributed by atoms with Gasteiger partial charge in [0.05, 0.1) is 37.4 Å².